The highest BCUT2D eigenvalue weighted by molar-refractivity contribution is 8.00. The van der Waals surface area contributed by atoms with Crippen molar-refractivity contribution in [3.8, 4) is 0 Å². The van der Waals surface area contributed by atoms with Crippen molar-refractivity contribution in [1.29, 1.82) is 0 Å². The van der Waals surface area contributed by atoms with Crippen LogP contribution in [0.4, 0.5) is 0 Å². The SMILES string of the molecule is Cc1nnc(S[C@@H](C)C(=O)NCc2ccccc2Cl)n1Cc1ccccc1. The Bertz CT molecular complexity index is 913. The highest BCUT2D eigenvalue weighted by Gasteiger charge is 2.19. The lowest BCUT2D eigenvalue weighted by molar-refractivity contribution is -0.120. The standard InChI is InChI=1S/C20H21ClN4OS/c1-14(19(26)22-12-17-10-6-7-11-18(17)21)27-20-24-23-15(2)25(20)13-16-8-4-3-5-9-16/h3-11,14H,12-13H2,1-2H3,(H,22,26)/t14-/m0/s1. The summed E-state index contributed by atoms with van der Waals surface area (Å²) >= 11 is 7.54. The molecule has 7 heteroatoms. The molecule has 1 atom stereocenters. The van der Waals surface area contributed by atoms with Crippen molar-refractivity contribution >= 4 is 29.3 Å². The summed E-state index contributed by atoms with van der Waals surface area (Å²) < 4.78 is 2.03. The number of carbonyl (C=O) groups is 1. The van der Waals surface area contributed by atoms with E-state index in [1.165, 1.54) is 11.8 Å². The minimum Gasteiger partial charge on any atom is -0.351 e. The van der Waals surface area contributed by atoms with Gasteiger partial charge in [0.2, 0.25) is 5.91 Å². The molecule has 0 fully saturated rings. The molecule has 0 aliphatic heterocycles. The summed E-state index contributed by atoms with van der Waals surface area (Å²) in [5.74, 6) is 0.761. The van der Waals surface area contributed by atoms with Gasteiger partial charge >= 0.3 is 0 Å². The number of rotatable bonds is 7. The largest absolute Gasteiger partial charge is 0.351 e. The molecule has 0 saturated carbocycles. The van der Waals surface area contributed by atoms with Gasteiger partial charge in [0.1, 0.15) is 5.82 Å². The van der Waals surface area contributed by atoms with Gasteiger partial charge < -0.3 is 9.88 Å². The molecule has 1 N–H and O–H groups in total. The van der Waals surface area contributed by atoms with Gasteiger partial charge in [-0.25, -0.2) is 0 Å². The summed E-state index contributed by atoms with van der Waals surface area (Å²) in [7, 11) is 0. The summed E-state index contributed by atoms with van der Waals surface area (Å²) in [6.07, 6.45) is 0. The molecule has 0 unspecified atom stereocenters. The van der Waals surface area contributed by atoms with Crippen LogP contribution >= 0.6 is 23.4 Å². The maximum atomic E-state index is 12.5. The van der Waals surface area contributed by atoms with Crippen molar-refractivity contribution in [1.82, 2.24) is 20.1 Å². The summed E-state index contributed by atoms with van der Waals surface area (Å²) in [6.45, 7) is 4.86. The van der Waals surface area contributed by atoms with E-state index in [0.29, 0.717) is 18.1 Å². The van der Waals surface area contributed by atoms with Gasteiger partial charge in [0, 0.05) is 11.6 Å². The molecule has 2 aromatic carbocycles. The highest BCUT2D eigenvalue weighted by Crippen LogP contribution is 2.23. The van der Waals surface area contributed by atoms with Crippen LogP contribution in [0.1, 0.15) is 23.9 Å². The molecular weight excluding hydrogens is 380 g/mol. The predicted molar refractivity (Wildman–Crippen MR) is 109 cm³/mol. The first kappa shape index (κ1) is 19.5. The number of aryl methyl sites for hydroxylation is 1. The first-order chi connectivity index (χ1) is 13.0. The molecule has 5 nitrogen and oxygen atoms in total. The summed E-state index contributed by atoms with van der Waals surface area (Å²) in [5.41, 5.74) is 2.06. The minimum absolute atomic E-state index is 0.0631. The van der Waals surface area contributed by atoms with E-state index in [4.69, 9.17) is 11.6 Å². The molecule has 1 heterocycles. The lowest BCUT2D eigenvalue weighted by Crippen LogP contribution is -2.30. The molecule has 3 rings (SSSR count). The number of nitrogens with one attached hydrogen (secondary N) is 1. The van der Waals surface area contributed by atoms with E-state index in [1.807, 2.05) is 60.9 Å². The van der Waals surface area contributed by atoms with Gasteiger partial charge in [-0.2, -0.15) is 0 Å². The summed E-state index contributed by atoms with van der Waals surface area (Å²) in [5, 5.41) is 12.4. The third-order valence-corrected chi connectivity index (χ3v) is 5.60. The van der Waals surface area contributed by atoms with E-state index in [0.717, 1.165) is 22.1 Å². The summed E-state index contributed by atoms with van der Waals surface area (Å²) in [4.78, 5) is 12.5. The minimum atomic E-state index is -0.300. The van der Waals surface area contributed by atoms with Crippen LogP contribution < -0.4 is 5.32 Å². The average Bonchev–Trinajstić information content (AvgIpc) is 3.01. The quantitative estimate of drug-likeness (QED) is 0.607. The smallest absolute Gasteiger partial charge is 0.233 e. The third-order valence-electron chi connectivity index (χ3n) is 4.15. The lowest BCUT2D eigenvalue weighted by Gasteiger charge is -2.13. The topological polar surface area (TPSA) is 59.8 Å². The van der Waals surface area contributed by atoms with Gasteiger partial charge in [-0.1, -0.05) is 71.9 Å². The Labute approximate surface area is 168 Å². The highest BCUT2D eigenvalue weighted by atomic mass is 35.5. The third kappa shape index (κ3) is 5.11. The second kappa shape index (κ2) is 9.06. The molecule has 1 aromatic heterocycles. The van der Waals surface area contributed by atoms with E-state index in [9.17, 15) is 4.79 Å². The number of hydrogen-bond acceptors (Lipinski definition) is 4. The van der Waals surface area contributed by atoms with E-state index >= 15 is 0 Å². The number of hydrogen-bond donors (Lipinski definition) is 1. The fourth-order valence-corrected chi connectivity index (χ4v) is 3.70. The van der Waals surface area contributed by atoms with Crippen LogP contribution in [0.25, 0.3) is 0 Å². The number of benzene rings is 2. The molecule has 0 aliphatic carbocycles. The van der Waals surface area contributed by atoms with Crippen LogP contribution in [-0.4, -0.2) is 25.9 Å². The molecule has 0 radical (unpaired) electrons. The lowest BCUT2D eigenvalue weighted by atomic mass is 10.2. The zero-order chi connectivity index (χ0) is 19.2. The van der Waals surface area contributed by atoms with Crippen molar-refractivity contribution in [2.75, 3.05) is 0 Å². The molecule has 0 spiro atoms. The Morgan fingerprint density at radius 3 is 2.59 bits per heavy atom. The average molecular weight is 401 g/mol. The second-order valence-corrected chi connectivity index (χ2v) is 7.89. The maximum absolute atomic E-state index is 12.5. The van der Waals surface area contributed by atoms with Crippen LogP contribution in [0.2, 0.25) is 5.02 Å². The zero-order valence-electron chi connectivity index (χ0n) is 15.2. The normalized spacial score (nSPS) is 12.0. The van der Waals surface area contributed by atoms with E-state index in [-0.39, 0.29) is 11.2 Å². The predicted octanol–water partition coefficient (Wildman–Crippen LogP) is 4.09. The fraction of sp³-hybridized carbons (Fsp3) is 0.250. The zero-order valence-corrected chi connectivity index (χ0v) is 16.8. The van der Waals surface area contributed by atoms with E-state index in [2.05, 4.69) is 27.6 Å². The van der Waals surface area contributed by atoms with Gasteiger partial charge in [-0.05, 0) is 31.0 Å². The van der Waals surface area contributed by atoms with E-state index in [1.54, 1.807) is 0 Å². The van der Waals surface area contributed by atoms with Gasteiger partial charge in [-0.15, -0.1) is 10.2 Å². The van der Waals surface area contributed by atoms with Crippen molar-refractivity contribution < 1.29 is 4.79 Å². The van der Waals surface area contributed by atoms with Crippen molar-refractivity contribution in [3.63, 3.8) is 0 Å². The molecule has 0 bridgehead atoms. The Morgan fingerprint density at radius 1 is 1.15 bits per heavy atom. The molecule has 0 saturated heterocycles. The monoisotopic (exact) mass is 400 g/mol. The Kier molecular flexibility index (Phi) is 6.53. The molecular formula is C20H21ClN4OS. The molecule has 3 aromatic rings. The number of carbonyl (C=O) groups excluding carboxylic acids is 1. The number of thioether (sulfide) groups is 1. The second-order valence-electron chi connectivity index (χ2n) is 6.17. The van der Waals surface area contributed by atoms with Crippen LogP contribution in [0.15, 0.2) is 59.8 Å². The van der Waals surface area contributed by atoms with Gasteiger partial charge in [0.15, 0.2) is 5.16 Å². The van der Waals surface area contributed by atoms with Crippen LogP contribution in [0.5, 0.6) is 0 Å². The first-order valence-electron chi connectivity index (χ1n) is 8.66. The van der Waals surface area contributed by atoms with Gasteiger partial charge in [0.05, 0.1) is 11.8 Å². The Hall–Kier alpha value is -2.31. The number of aromatic nitrogens is 3. The van der Waals surface area contributed by atoms with Gasteiger partial charge in [0.25, 0.3) is 0 Å². The number of nitrogens with zero attached hydrogens (tertiary/aromatic N) is 3. The van der Waals surface area contributed by atoms with Gasteiger partial charge in [-0.3, -0.25) is 4.79 Å². The number of halogens is 1. The van der Waals surface area contributed by atoms with Crippen LogP contribution in [0, 0.1) is 6.92 Å². The Morgan fingerprint density at radius 2 is 1.85 bits per heavy atom. The van der Waals surface area contributed by atoms with E-state index < -0.39 is 0 Å². The molecule has 1 amide bonds. The van der Waals surface area contributed by atoms with Crippen molar-refractivity contribution in [3.05, 3.63) is 76.6 Å². The summed E-state index contributed by atoms with van der Waals surface area (Å²) in [6, 6.07) is 17.6. The van der Waals surface area contributed by atoms with Crippen LogP contribution in [-0.2, 0) is 17.9 Å². The van der Waals surface area contributed by atoms with Crippen molar-refractivity contribution in [2.45, 2.75) is 37.3 Å². The fourth-order valence-electron chi connectivity index (χ4n) is 2.58. The van der Waals surface area contributed by atoms with Crippen LogP contribution in [0.3, 0.4) is 0 Å². The maximum Gasteiger partial charge on any atom is 0.233 e. The molecule has 27 heavy (non-hydrogen) atoms. The number of amides is 1. The Balaban J connectivity index is 1.63. The molecule has 0 aliphatic rings. The molecule has 140 valence electrons. The first-order valence-corrected chi connectivity index (χ1v) is 9.92. The van der Waals surface area contributed by atoms with Crippen molar-refractivity contribution in [2.24, 2.45) is 0 Å².